The van der Waals surface area contributed by atoms with E-state index >= 15 is 0 Å². The van der Waals surface area contributed by atoms with Crippen molar-refractivity contribution < 1.29 is 9.63 Å². The van der Waals surface area contributed by atoms with E-state index in [9.17, 15) is 5.11 Å². The summed E-state index contributed by atoms with van der Waals surface area (Å²) in [7, 11) is 0. The van der Waals surface area contributed by atoms with E-state index in [0.717, 1.165) is 5.56 Å². The maximum absolute atomic E-state index is 9.30. The van der Waals surface area contributed by atoms with Crippen LogP contribution in [-0.2, 0) is 6.61 Å². The Bertz CT molecular complexity index is 527. The summed E-state index contributed by atoms with van der Waals surface area (Å²) >= 11 is 9.65. The van der Waals surface area contributed by atoms with E-state index in [1.165, 1.54) is 0 Å². The zero-order valence-electron chi connectivity index (χ0n) is 9.15. The first-order valence-corrected chi connectivity index (χ1v) is 6.39. The van der Waals surface area contributed by atoms with Gasteiger partial charge in [-0.05, 0) is 18.6 Å². The van der Waals surface area contributed by atoms with Crippen molar-refractivity contribution in [3.8, 4) is 0 Å². The number of hydrogen-bond donors (Lipinski definition) is 1. The molecule has 1 heterocycles. The number of rotatable bonds is 3. The molecule has 3 nitrogen and oxygen atoms in total. The van der Waals surface area contributed by atoms with Crippen LogP contribution >= 0.6 is 27.5 Å². The number of benzene rings is 1. The van der Waals surface area contributed by atoms with Crippen molar-refractivity contribution in [1.82, 2.24) is 5.16 Å². The molecular formula is C12H11BrClNO2. The maximum atomic E-state index is 9.30. The average Bonchev–Trinajstić information content (AvgIpc) is 2.70. The van der Waals surface area contributed by atoms with E-state index < -0.39 is 0 Å². The maximum Gasteiger partial charge on any atom is 0.139 e. The molecule has 0 fully saturated rings. The molecule has 1 atom stereocenters. The Balaban J connectivity index is 2.44. The normalized spacial score (nSPS) is 12.7. The fourth-order valence-corrected chi connectivity index (χ4v) is 2.76. The van der Waals surface area contributed by atoms with Crippen molar-refractivity contribution >= 4 is 27.5 Å². The quantitative estimate of drug-likeness (QED) is 0.880. The fourth-order valence-electron chi connectivity index (χ4n) is 1.63. The Hall–Kier alpha value is -0.840. The Kier molecular flexibility index (Phi) is 3.86. The van der Waals surface area contributed by atoms with Gasteiger partial charge in [-0.1, -0.05) is 50.9 Å². The molecule has 0 radical (unpaired) electrons. The summed E-state index contributed by atoms with van der Waals surface area (Å²) in [6, 6.07) is 7.50. The Morgan fingerprint density at radius 1 is 1.47 bits per heavy atom. The minimum atomic E-state index is -0.184. The van der Waals surface area contributed by atoms with Gasteiger partial charge in [0.1, 0.15) is 11.5 Å². The second-order valence-electron chi connectivity index (χ2n) is 3.64. The van der Waals surface area contributed by atoms with Crippen LogP contribution in [0.3, 0.4) is 0 Å². The van der Waals surface area contributed by atoms with Gasteiger partial charge in [0.25, 0.3) is 0 Å². The van der Waals surface area contributed by atoms with Gasteiger partial charge in [-0.15, -0.1) is 0 Å². The van der Waals surface area contributed by atoms with Crippen molar-refractivity contribution in [2.24, 2.45) is 0 Å². The first-order chi connectivity index (χ1) is 8.15. The molecule has 1 N–H and O–H groups in total. The summed E-state index contributed by atoms with van der Waals surface area (Å²) in [6.07, 6.45) is 0. The van der Waals surface area contributed by atoms with Gasteiger partial charge in [0.15, 0.2) is 0 Å². The number of aryl methyl sites for hydroxylation is 1. The second-order valence-corrected chi connectivity index (χ2v) is 4.97. The summed E-state index contributed by atoms with van der Waals surface area (Å²) in [6.45, 7) is 1.67. The third-order valence-corrected chi connectivity index (χ3v) is 3.86. The number of nitrogens with zero attached hydrogens (tertiary/aromatic N) is 1. The smallest absolute Gasteiger partial charge is 0.139 e. The fraction of sp³-hybridized carbons (Fsp3) is 0.250. The summed E-state index contributed by atoms with van der Waals surface area (Å²) in [5, 5.41) is 13.9. The molecular weight excluding hydrogens is 305 g/mol. The predicted octanol–water partition coefficient (Wildman–Crippen LogP) is 3.61. The highest BCUT2D eigenvalue weighted by Crippen LogP contribution is 2.36. The summed E-state index contributed by atoms with van der Waals surface area (Å²) < 4.78 is 5.09. The van der Waals surface area contributed by atoms with Crippen molar-refractivity contribution in [2.45, 2.75) is 18.4 Å². The van der Waals surface area contributed by atoms with E-state index in [-0.39, 0.29) is 11.4 Å². The number of hydrogen-bond acceptors (Lipinski definition) is 3. The molecule has 1 aromatic heterocycles. The lowest BCUT2D eigenvalue weighted by atomic mass is 10.1. The molecule has 5 heteroatoms. The van der Waals surface area contributed by atoms with Gasteiger partial charge in [0.2, 0.25) is 0 Å². The molecule has 0 bridgehead atoms. The van der Waals surface area contributed by atoms with E-state index in [4.69, 9.17) is 16.1 Å². The van der Waals surface area contributed by atoms with Crippen LogP contribution in [0.1, 0.15) is 27.4 Å². The third-order valence-electron chi connectivity index (χ3n) is 2.59. The molecule has 0 saturated heterocycles. The van der Waals surface area contributed by atoms with Gasteiger partial charge >= 0.3 is 0 Å². The highest BCUT2D eigenvalue weighted by Gasteiger charge is 2.22. The minimum absolute atomic E-state index is 0.1000. The standard InChI is InChI=1S/C12H11BrClNO2/c1-7-9(6-16)12(15-17-7)11(13)8-4-2-3-5-10(8)14/h2-5,11,16H,6H2,1H3. The van der Waals surface area contributed by atoms with Crippen molar-refractivity contribution in [2.75, 3.05) is 0 Å². The molecule has 0 aliphatic heterocycles. The van der Waals surface area contributed by atoms with Crippen LogP contribution in [0.25, 0.3) is 0 Å². The Labute approximate surface area is 113 Å². The molecule has 17 heavy (non-hydrogen) atoms. The monoisotopic (exact) mass is 315 g/mol. The van der Waals surface area contributed by atoms with Crippen LogP contribution in [0.5, 0.6) is 0 Å². The predicted molar refractivity (Wildman–Crippen MR) is 69.4 cm³/mol. The van der Waals surface area contributed by atoms with E-state index in [2.05, 4.69) is 21.1 Å². The van der Waals surface area contributed by atoms with Crippen LogP contribution in [0.15, 0.2) is 28.8 Å². The molecule has 0 aliphatic carbocycles. The number of aromatic nitrogens is 1. The minimum Gasteiger partial charge on any atom is -0.391 e. The van der Waals surface area contributed by atoms with Crippen molar-refractivity contribution in [3.63, 3.8) is 0 Å². The molecule has 2 rings (SSSR count). The van der Waals surface area contributed by atoms with Gasteiger partial charge in [0, 0.05) is 10.6 Å². The number of halogens is 2. The van der Waals surface area contributed by atoms with Gasteiger partial charge < -0.3 is 9.63 Å². The zero-order valence-corrected chi connectivity index (χ0v) is 11.5. The summed E-state index contributed by atoms with van der Waals surface area (Å²) in [4.78, 5) is -0.184. The van der Waals surface area contributed by atoms with Gasteiger partial charge in [-0.3, -0.25) is 0 Å². The largest absolute Gasteiger partial charge is 0.391 e. The second kappa shape index (κ2) is 5.21. The summed E-state index contributed by atoms with van der Waals surface area (Å²) in [5.74, 6) is 0.624. The van der Waals surface area contributed by atoms with Gasteiger partial charge in [0.05, 0.1) is 11.4 Å². The molecule has 1 unspecified atom stereocenters. The number of aliphatic hydroxyl groups is 1. The molecule has 1 aromatic carbocycles. The summed E-state index contributed by atoms with van der Waals surface area (Å²) in [5.41, 5.74) is 2.27. The molecule has 0 spiro atoms. The van der Waals surface area contributed by atoms with Gasteiger partial charge in [-0.2, -0.15) is 0 Å². The molecule has 0 amide bonds. The molecule has 0 saturated carbocycles. The Morgan fingerprint density at radius 3 is 2.82 bits per heavy atom. The first-order valence-electron chi connectivity index (χ1n) is 5.09. The van der Waals surface area contributed by atoms with Crippen LogP contribution < -0.4 is 0 Å². The van der Waals surface area contributed by atoms with E-state index in [1.54, 1.807) is 6.92 Å². The van der Waals surface area contributed by atoms with Crippen LogP contribution in [-0.4, -0.2) is 10.3 Å². The van der Waals surface area contributed by atoms with Crippen LogP contribution in [0, 0.1) is 6.92 Å². The van der Waals surface area contributed by atoms with E-state index in [1.807, 2.05) is 24.3 Å². The van der Waals surface area contributed by atoms with Crippen molar-refractivity contribution in [3.05, 3.63) is 51.9 Å². The molecule has 0 aliphatic rings. The lowest BCUT2D eigenvalue weighted by molar-refractivity contribution is 0.277. The number of alkyl halides is 1. The van der Waals surface area contributed by atoms with Gasteiger partial charge in [-0.25, -0.2) is 0 Å². The first kappa shape index (κ1) is 12.6. The SMILES string of the molecule is Cc1onc(C(Br)c2ccccc2Cl)c1CO. The average molecular weight is 317 g/mol. The van der Waals surface area contributed by atoms with Crippen LogP contribution in [0.4, 0.5) is 0 Å². The number of aliphatic hydroxyl groups excluding tert-OH is 1. The zero-order chi connectivity index (χ0) is 12.4. The molecule has 2 aromatic rings. The van der Waals surface area contributed by atoms with Crippen molar-refractivity contribution in [1.29, 1.82) is 0 Å². The van der Waals surface area contributed by atoms with Crippen LogP contribution in [0.2, 0.25) is 5.02 Å². The third kappa shape index (κ3) is 2.39. The highest BCUT2D eigenvalue weighted by atomic mass is 79.9. The topological polar surface area (TPSA) is 46.3 Å². The lowest BCUT2D eigenvalue weighted by Crippen LogP contribution is -1.99. The van der Waals surface area contributed by atoms with E-state index in [0.29, 0.717) is 22.0 Å². The Morgan fingerprint density at radius 2 is 2.18 bits per heavy atom. The highest BCUT2D eigenvalue weighted by molar-refractivity contribution is 9.09. The molecule has 90 valence electrons. The lowest BCUT2D eigenvalue weighted by Gasteiger charge is -2.10.